The highest BCUT2D eigenvalue weighted by Gasteiger charge is 2.39. The second-order valence-corrected chi connectivity index (χ2v) is 7.57. The molecule has 102 valence electrons. The molecule has 0 aromatic carbocycles. The monoisotopic (exact) mass is 289 g/mol. The van der Waals surface area contributed by atoms with Gasteiger partial charge in [-0.2, -0.15) is 4.31 Å². The summed E-state index contributed by atoms with van der Waals surface area (Å²) in [4.78, 5) is 1.01. The van der Waals surface area contributed by atoms with Crippen molar-refractivity contribution >= 4 is 21.4 Å². The van der Waals surface area contributed by atoms with Gasteiger partial charge in [-0.05, 0) is 32.3 Å². The van der Waals surface area contributed by atoms with Gasteiger partial charge in [-0.25, -0.2) is 8.42 Å². The molecular weight excluding hydrogens is 270 g/mol. The van der Waals surface area contributed by atoms with E-state index in [1.165, 1.54) is 11.3 Å². The number of rotatable bonds is 4. The first kappa shape index (κ1) is 14.0. The molecule has 2 atom stereocenters. The van der Waals surface area contributed by atoms with Crippen LogP contribution in [0, 0.1) is 0 Å². The maximum atomic E-state index is 12.6. The molecule has 1 aromatic rings. The third-order valence-corrected chi connectivity index (χ3v) is 6.66. The molecule has 0 bridgehead atoms. The number of nitrogens with zero attached hydrogens (tertiary/aromatic N) is 1. The molecule has 2 unspecified atom stereocenters. The standard InChI is InChI=1S/C12H19NO3S2/c1-3-10-5-4-9(2)13(10)18(15,16)12-6-11(7-14)17-8-12/h6,8-10,14H,3-5,7H2,1-2H3. The van der Waals surface area contributed by atoms with Gasteiger partial charge in [-0.3, -0.25) is 0 Å². The Balaban J connectivity index is 2.35. The number of aliphatic hydroxyl groups excluding tert-OH is 1. The number of hydrogen-bond donors (Lipinski definition) is 1. The van der Waals surface area contributed by atoms with E-state index in [2.05, 4.69) is 0 Å². The van der Waals surface area contributed by atoms with Gasteiger partial charge in [0.05, 0.1) is 11.5 Å². The molecule has 0 spiro atoms. The van der Waals surface area contributed by atoms with Crippen LogP contribution in [0.2, 0.25) is 0 Å². The predicted molar refractivity (Wildman–Crippen MR) is 72.0 cm³/mol. The molecule has 4 nitrogen and oxygen atoms in total. The summed E-state index contributed by atoms with van der Waals surface area (Å²) in [5, 5.41) is 10.7. The number of sulfonamides is 1. The van der Waals surface area contributed by atoms with Crippen LogP contribution in [0.15, 0.2) is 16.3 Å². The zero-order valence-electron chi connectivity index (χ0n) is 10.7. The molecule has 1 aliphatic rings. The quantitative estimate of drug-likeness (QED) is 0.924. The summed E-state index contributed by atoms with van der Waals surface area (Å²) in [6, 6.07) is 1.76. The summed E-state index contributed by atoms with van der Waals surface area (Å²) in [5.41, 5.74) is 0. The highest BCUT2D eigenvalue weighted by molar-refractivity contribution is 7.89. The van der Waals surface area contributed by atoms with Crippen molar-refractivity contribution in [3.05, 3.63) is 16.3 Å². The Kier molecular flexibility index (Phi) is 4.11. The van der Waals surface area contributed by atoms with Gasteiger partial charge in [-0.1, -0.05) is 6.92 Å². The predicted octanol–water partition coefficient (Wildman–Crippen LogP) is 2.19. The zero-order valence-corrected chi connectivity index (χ0v) is 12.3. The van der Waals surface area contributed by atoms with E-state index in [1.54, 1.807) is 15.8 Å². The fourth-order valence-electron chi connectivity index (χ4n) is 2.57. The highest BCUT2D eigenvalue weighted by atomic mass is 32.2. The van der Waals surface area contributed by atoms with Crippen LogP contribution in [0.5, 0.6) is 0 Å². The van der Waals surface area contributed by atoms with Crippen LogP contribution in [0.3, 0.4) is 0 Å². The van der Waals surface area contributed by atoms with Crippen LogP contribution in [0.25, 0.3) is 0 Å². The smallest absolute Gasteiger partial charge is 0.244 e. The van der Waals surface area contributed by atoms with Crippen molar-refractivity contribution in [1.29, 1.82) is 0 Å². The van der Waals surface area contributed by atoms with E-state index in [-0.39, 0.29) is 18.7 Å². The first-order chi connectivity index (χ1) is 8.50. The number of aliphatic hydroxyl groups is 1. The lowest BCUT2D eigenvalue weighted by atomic mass is 10.2. The van der Waals surface area contributed by atoms with Gasteiger partial charge < -0.3 is 5.11 Å². The van der Waals surface area contributed by atoms with Crippen molar-refractivity contribution < 1.29 is 13.5 Å². The van der Waals surface area contributed by atoms with Gasteiger partial charge in [0, 0.05) is 22.3 Å². The fraction of sp³-hybridized carbons (Fsp3) is 0.667. The average molecular weight is 289 g/mol. The van der Waals surface area contributed by atoms with Crippen LogP contribution in [-0.2, 0) is 16.6 Å². The third-order valence-electron chi connectivity index (χ3n) is 3.54. The fourth-order valence-corrected chi connectivity index (χ4v) is 5.64. The van der Waals surface area contributed by atoms with Crippen molar-refractivity contribution in [2.75, 3.05) is 0 Å². The van der Waals surface area contributed by atoms with Gasteiger partial charge in [0.25, 0.3) is 0 Å². The van der Waals surface area contributed by atoms with E-state index in [0.29, 0.717) is 9.77 Å². The second kappa shape index (κ2) is 5.28. The first-order valence-electron chi connectivity index (χ1n) is 6.22. The van der Waals surface area contributed by atoms with Crippen molar-refractivity contribution in [3.63, 3.8) is 0 Å². The summed E-state index contributed by atoms with van der Waals surface area (Å²) in [7, 11) is -3.41. The molecule has 2 rings (SSSR count). The van der Waals surface area contributed by atoms with E-state index in [0.717, 1.165) is 19.3 Å². The molecular formula is C12H19NO3S2. The minimum atomic E-state index is -3.41. The maximum Gasteiger partial charge on any atom is 0.244 e. The molecule has 1 aromatic heterocycles. The maximum absolute atomic E-state index is 12.6. The van der Waals surface area contributed by atoms with E-state index < -0.39 is 10.0 Å². The minimum absolute atomic E-state index is 0.0671. The Bertz CT molecular complexity index is 509. The van der Waals surface area contributed by atoms with Crippen LogP contribution in [-0.4, -0.2) is 29.9 Å². The van der Waals surface area contributed by atoms with E-state index in [1.807, 2.05) is 13.8 Å². The molecule has 0 radical (unpaired) electrons. The summed E-state index contributed by atoms with van der Waals surface area (Å²) >= 11 is 1.29. The van der Waals surface area contributed by atoms with E-state index >= 15 is 0 Å². The van der Waals surface area contributed by atoms with Crippen molar-refractivity contribution in [3.8, 4) is 0 Å². The zero-order chi connectivity index (χ0) is 13.3. The molecule has 1 N–H and O–H groups in total. The van der Waals surface area contributed by atoms with Crippen LogP contribution in [0.1, 0.15) is 38.0 Å². The average Bonchev–Trinajstić information content (AvgIpc) is 2.95. The normalized spacial score (nSPS) is 25.7. The third kappa shape index (κ3) is 2.34. The summed E-state index contributed by atoms with van der Waals surface area (Å²) < 4.78 is 26.8. The molecule has 0 saturated carbocycles. The largest absolute Gasteiger partial charge is 0.391 e. The van der Waals surface area contributed by atoms with Gasteiger partial charge in [-0.15, -0.1) is 11.3 Å². The number of hydrogen-bond acceptors (Lipinski definition) is 4. The van der Waals surface area contributed by atoms with Crippen molar-refractivity contribution in [1.82, 2.24) is 4.31 Å². The van der Waals surface area contributed by atoms with Gasteiger partial charge >= 0.3 is 0 Å². The van der Waals surface area contributed by atoms with Crippen molar-refractivity contribution in [2.24, 2.45) is 0 Å². The molecule has 2 heterocycles. The molecule has 0 amide bonds. The highest BCUT2D eigenvalue weighted by Crippen LogP contribution is 2.33. The van der Waals surface area contributed by atoms with Gasteiger partial charge in [0.15, 0.2) is 0 Å². The minimum Gasteiger partial charge on any atom is -0.391 e. The second-order valence-electron chi connectivity index (χ2n) is 4.73. The Morgan fingerprint density at radius 1 is 1.50 bits per heavy atom. The molecule has 1 aliphatic heterocycles. The van der Waals surface area contributed by atoms with Crippen LogP contribution >= 0.6 is 11.3 Å². The molecule has 18 heavy (non-hydrogen) atoms. The van der Waals surface area contributed by atoms with E-state index in [4.69, 9.17) is 5.11 Å². The number of thiophene rings is 1. The SMILES string of the molecule is CCC1CCC(C)N1S(=O)(=O)c1csc(CO)c1. The Morgan fingerprint density at radius 2 is 2.22 bits per heavy atom. The summed E-state index contributed by atoms with van der Waals surface area (Å²) in [6.07, 6.45) is 2.71. The van der Waals surface area contributed by atoms with E-state index in [9.17, 15) is 8.42 Å². The molecule has 1 fully saturated rings. The summed E-state index contributed by atoms with van der Waals surface area (Å²) in [5.74, 6) is 0. The van der Waals surface area contributed by atoms with Crippen molar-refractivity contribution in [2.45, 2.75) is 56.7 Å². The lowest BCUT2D eigenvalue weighted by Gasteiger charge is -2.26. The Morgan fingerprint density at radius 3 is 2.78 bits per heavy atom. The molecule has 1 saturated heterocycles. The van der Waals surface area contributed by atoms with Gasteiger partial charge in [0.2, 0.25) is 10.0 Å². The van der Waals surface area contributed by atoms with Crippen LogP contribution < -0.4 is 0 Å². The van der Waals surface area contributed by atoms with Gasteiger partial charge in [0.1, 0.15) is 0 Å². The Hall–Kier alpha value is -0.430. The Labute approximate surface area is 112 Å². The topological polar surface area (TPSA) is 57.6 Å². The first-order valence-corrected chi connectivity index (χ1v) is 8.54. The molecule has 0 aliphatic carbocycles. The lowest BCUT2D eigenvalue weighted by Crippen LogP contribution is -2.39. The summed E-state index contributed by atoms with van der Waals surface area (Å²) in [6.45, 7) is 3.89. The lowest BCUT2D eigenvalue weighted by molar-refractivity contribution is 0.285. The molecule has 6 heteroatoms. The van der Waals surface area contributed by atoms with Crippen LogP contribution in [0.4, 0.5) is 0 Å².